The highest BCUT2D eigenvalue weighted by molar-refractivity contribution is 5.98. The summed E-state index contributed by atoms with van der Waals surface area (Å²) in [6.07, 6.45) is 4.44. The van der Waals surface area contributed by atoms with Crippen molar-refractivity contribution in [2.45, 2.75) is 25.8 Å². The van der Waals surface area contributed by atoms with E-state index in [4.69, 9.17) is 0 Å². The summed E-state index contributed by atoms with van der Waals surface area (Å²) in [4.78, 5) is 14.8. The molecule has 1 amide bonds. The van der Waals surface area contributed by atoms with Gasteiger partial charge in [0.15, 0.2) is 0 Å². The van der Waals surface area contributed by atoms with Crippen molar-refractivity contribution in [3.8, 4) is 0 Å². The number of fused-ring (bicyclic) bond motifs is 1. The van der Waals surface area contributed by atoms with Gasteiger partial charge in [0.25, 0.3) is 5.91 Å². The zero-order valence-corrected chi connectivity index (χ0v) is 12.8. The maximum atomic E-state index is 12.3. The number of amides is 1. The van der Waals surface area contributed by atoms with Crippen LogP contribution in [0.5, 0.6) is 0 Å². The SMILES string of the molecule is CCN1CCC[C@@H]1CNC(=O)c1ccc2ccn(C)c2c1. The fourth-order valence-corrected chi connectivity index (χ4v) is 3.26. The molecule has 1 aliphatic heterocycles. The Bertz CT molecular complexity index is 647. The predicted molar refractivity (Wildman–Crippen MR) is 85.5 cm³/mol. The molecule has 1 aromatic heterocycles. The molecule has 1 fully saturated rings. The van der Waals surface area contributed by atoms with Crippen LogP contribution in [0, 0.1) is 0 Å². The summed E-state index contributed by atoms with van der Waals surface area (Å²) in [5.41, 5.74) is 1.84. The van der Waals surface area contributed by atoms with Crippen molar-refractivity contribution in [2.75, 3.05) is 19.6 Å². The Kier molecular flexibility index (Phi) is 3.97. The molecule has 1 aromatic carbocycles. The molecule has 2 aromatic rings. The number of aromatic nitrogens is 1. The molecule has 0 aliphatic carbocycles. The minimum atomic E-state index is 0.0288. The van der Waals surface area contributed by atoms with Crippen LogP contribution in [0.3, 0.4) is 0 Å². The summed E-state index contributed by atoms with van der Waals surface area (Å²) >= 11 is 0. The van der Waals surface area contributed by atoms with Crippen LogP contribution in [0.4, 0.5) is 0 Å². The number of benzene rings is 1. The van der Waals surface area contributed by atoms with Crippen molar-refractivity contribution in [2.24, 2.45) is 7.05 Å². The summed E-state index contributed by atoms with van der Waals surface area (Å²) in [7, 11) is 2.00. The Balaban J connectivity index is 1.67. The molecule has 0 unspecified atom stereocenters. The molecule has 0 spiro atoms. The van der Waals surface area contributed by atoms with Gasteiger partial charge in [-0.2, -0.15) is 0 Å². The van der Waals surface area contributed by atoms with Gasteiger partial charge in [-0.3, -0.25) is 9.69 Å². The van der Waals surface area contributed by atoms with Gasteiger partial charge in [0.2, 0.25) is 0 Å². The molecule has 4 nitrogen and oxygen atoms in total. The van der Waals surface area contributed by atoms with Crippen molar-refractivity contribution < 1.29 is 4.79 Å². The van der Waals surface area contributed by atoms with Gasteiger partial charge < -0.3 is 9.88 Å². The molecule has 21 heavy (non-hydrogen) atoms. The number of likely N-dealkylation sites (tertiary alicyclic amines) is 1. The van der Waals surface area contributed by atoms with E-state index in [1.54, 1.807) is 0 Å². The van der Waals surface area contributed by atoms with Gasteiger partial charge in [0, 0.05) is 36.9 Å². The van der Waals surface area contributed by atoms with E-state index >= 15 is 0 Å². The second-order valence-electron chi connectivity index (χ2n) is 5.83. The maximum absolute atomic E-state index is 12.3. The number of rotatable bonds is 4. The topological polar surface area (TPSA) is 37.3 Å². The summed E-state index contributed by atoms with van der Waals surface area (Å²) in [6.45, 7) is 5.16. The first-order chi connectivity index (χ1) is 10.2. The van der Waals surface area contributed by atoms with Crippen LogP contribution in [0.1, 0.15) is 30.1 Å². The lowest BCUT2D eigenvalue weighted by Crippen LogP contribution is -2.40. The van der Waals surface area contributed by atoms with Crippen molar-refractivity contribution >= 4 is 16.8 Å². The van der Waals surface area contributed by atoms with E-state index in [9.17, 15) is 4.79 Å². The monoisotopic (exact) mass is 285 g/mol. The number of carbonyl (C=O) groups is 1. The zero-order chi connectivity index (χ0) is 14.8. The predicted octanol–water partition coefficient (Wildman–Crippen LogP) is 2.39. The number of carbonyl (C=O) groups excluding carboxylic acids is 1. The highest BCUT2D eigenvalue weighted by Crippen LogP contribution is 2.18. The molecule has 1 saturated heterocycles. The summed E-state index contributed by atoms with van der Waals surface area (Å²) in [6, 6.07) is 8.45. The Morgan fingerprint density at radius 3 is 3.05 bits per heavy atom. The third-order valence-corrected chi connectivity index (χ3v) is 4.55. The highest BCUT2D eigenvalue weighted by Gasteiger charge is 2.23. The van der Waals surface area contributed by atoms with Crippen LogP contribution in [-0.2, 0) is 7.05 Å². The summed E-state index contributed by atoms with van der Waals surface area (Å²) in [5, 5.41) is 4.26. The molecule has 0 radical (unpaired) electrons. The molecule has 0 bridgehead atoms. The zero-order valence-electron chi connectivity index (χ0n) is 12.8. The molecule has 4 heteroatoms. The summed E-state index contributed by atoms with van der Waals surface area (Å²) < 4.78 is 2.04. The lowest BCUT2D eigenvalue weighted by molar-refractivity contribution is 0.0941. The van der Waals surface area contributed by atoms with E-state index in [2.05, 4.69) is 23.2 Å². The van der Waals surface area contributed by atoms with E-state index in [0.29, 0.717) is 6.04 Å². The lowest BCUT2D eigenvalue weighted by atomic mass is 10.1. The lowest BCUT2D eigenvalue weighted by Gasteiger charge is -2.22. The number of hydrogen-bond donors (Lipinski definition) is 1. The van der Waals surface area contributed by atoms with Gasteiger partial charge in [0.1, 0.15) is 0 Å². The Hall–Kier alpha value is -1.81. The van der Waals surface area contributed by atoms with Gasteiger partial charge in [-0.15, -0.1) is 0 Å². The van der Waals surface area contributed by atoms with Gasteiger partial charge in [-0.05, 0) is 49.5 Å². The standard InChI is InChI=1S/C17H23N3O/c1-3-20-9-4-5-15(20)12-18-17(21)14-7-6-13-8-10-19(2)16(13)11-14/h6-8,10-11,15H,3-5,9,12H2,1-2H3,(H,18,21)/t15-/m1/s1. The van der Waals surface area contributed by atoms with Crippen LogP contribution in [0.25, 0.3) is 10.9 Å². The number of hydrogen-bond acceptors (Lipinski definition) is 2. The van der Waals surface area contributed by atoms with Gasteiger partial charge in [-0.25, -0.2) is 0 Å². The van der Waals surface area contributed by atoms with Gasteiger partial charge in [-0.1, -0.05) is 13.0 Å². The largest absolute Gasteiger partial charge is 0.351 e. The molecular weight excluding hydrogens is 262 g/mol. The summed E-state index contributed by atoms with van der Waals surface area (Å²) in [5.74, 6) is 0.0288. The second kappa shape index (κ2) is 5.90. The molecule has 2 heterocycles. The van der Waals surface area contributed by atoms with E-state index in [-0.39, 0.29) is 5.91 Å². The second-order valence-corrected chi connectivity index (χ2v) is 5.83. The van der Waals surface area contributed by atoms with E-state index in [1.165, 1.54) is 18.2 Å². The van der Waals surface area contributed by atoms with Crippen molar-refractivity contribution in [3.63, 3.8) is 0 Å². The number of aryl methyl sites for hydroxylation is 1. The fraction of sp³-hybridized carbons (Fsp3) is 0.471. The minimum Gasteiger partial charge on any atom is -0.351 e. The smallest absolute Gasteiger partial charge is 0.251 e. The maximum Gasteiger partial charge on any atom is 0.251 e. The van der Waals surface area contributed by atoms with Crippen LogP contribution in [-0.4, -0.2) is 41.1 Å². The Morgan fingerprint density at radius 1 is 1.38 bits per heavy atom. The molecule has 1 atom stereocenters. The average Bonchev–Trinajstić information content (AvgIpc) is 3.11. The van der Waals surface area contributed by atoms with Gasteiger partial charge >= 0.3 is 0 Å². The molecule has 1 aliphatic rings. The van der Waals surface area contributed by atoms with Crippen LogP contribution >= 0.6 is 0 Å². The third kappa shape index (κ3) is 2.81. The first-order valence-corrected chi connectivity index (χ1v) is 7.76. The quantitative estimate of drug-likeness (QED) is 0.936. The van der Waals surface area contributed by atoms with Crippen LogP contribution in [0.15, 0.2) is 30.5 Å². The van der Waals surface area contributed by atoms with Crippen molar-refractivity contribution in [1.29, 1.82) is 0 Å². The van der Waals surface area contributed by atoms with E-state index in [1.807, 2.05) is 36.0 Å². The van der Waals surface area contributed by atoms with E-state index in [0.717, 1.165) is 30.7 Å². The number of likely N-dealkylation sites (N-methyl/N-ethyl adjacent to an activating group) is 1. The molecule has 112 valence electrons. The minimum absolute atomic E-state index is 0.0288. The van der Waals surface area contributed by atoms with Crippen LogP contribution < -0.4 is 5.32 Å². The first kappa shape index (κ1) is 14.1. The fourth-order valence-electron chi connectivity index (χ4n) is 3.26. The van der Waals surface area contributed by atoms with Gasteiger partial charge in [0.05, 0.1) is 0 Å². The molecule has 0 saturated carbocycles. The first-order valence-electron chi connectivity index (χ1n) is 7.76. The number of nitrogens with one attached hydrogen (secondary N) is 1. The Labute approximate surface area is 125 Å². The average molecular weight is 285 g/mol. The number of nitrogens with zero attached hydrogens (tertiary/aromatic N) is 2. The third-order valence-electron chi connectivity index (χ3n) is 4.55. The Morgan fingerprint density at radius 2 is 2.24 bits per heavy atom. The normalized spacial score (nSPS) is 19.2. The highest BCUT2D eigenvalue weighted by atomic mass is 16.1. The van der Waals surface area contributed by atoms with Crippen LogP contribution in [0.2, 0.25) is 0 Å². The molecule has 1 N–H and O–H groups in total. The van der Waals surface area contributed by atoms with Crippen molar-refractivity contribution in [3.05, 3.63) is 36.0 Å². The molecular formula is C17H23N3O. The van der Waals surface area contributed by atoms with E-state index < -0.39 is 0 Å². The molecule has 3 rings (SSSR count). The van der Waals surface area contributed by atoms with Crippen molar-refractivity contribution in [1.82, 2.24) is 14.8 Å².